The van der Waals surface area contributed by atoms with Crippen molar-refractivity contribution in [1.82, 2.24) is 4.98 Å². The van der Waals surface area contributed by atoms with E-state index in [1.54, 1.807) is 6.20 Å². The monoisotopic (exact) mass is 212 g/mol. The molecule has 0 spiro atoms. The zero-order valence-electron chi connectivity index (χ0n) is 8.11. The molecule has 0 bridgehead atoms. The molecule has 0 aromatic carbocycles. The molecule has 0 fully saturated rings. The predicted molar refractivity (Wildman–Crippen MR) is 57.7 cm³/mol. The molecular weight excluding hydrogens is 200 g/mol. The van der Waals surface area contributed by atoms with E-state index in [1.807, 2.05) is 25.1 Å². The van der Waals surface area contributed by atoms with Crippen molar-refractivity contribution in [3.05, 3.63) is 30.1 Å². The van der Waals surface area contributed by atoms with Crippen molar-refractivity contribution in [3.63, 3.8) is 0 Å². The Morgan fingerprint density at radius 3 is 3.07 bits per heavy atom. The molecule has 0 saturated carbocycles. The van der Waals surface area contributed by atoms with Crippen molar-refractivity contribution in [1.29, 1.82) is 0 Å². The molecule has 1 heterocycles. The summed E-state index contributed by atoms with van der Waals surface area (Å²) in [6.07, 6.45) is 2.54. The smallest absolute Gasteiger partial charge is 0.118 e. The Labute approximate surface area is 88.7 Å². The van der Waals surface area contributed by atoms with Crippen molar-refractivity contribution in [2.24, 2.45) is 5.16 Å². The number of halogens is 1. The quantitative estimate of drug-likeness (QED) is 0.325. The fourth-order valence-corrected chi connectivity index (χ4v) is 0.994. The molecule has 0 aliphatic carbocycles. The van der Waals surface area contributed by atoms with Crippen LogP contribution in [0.15, 0.2) is 29.6 Å². The highest BCUT2D eigenvalue weighted by Crippen LogP contribution is 1.97. The fraction of sp³-hybridized carbons (Fsp3) is 0.400. The summed E-state index contributed by atoms with van der Waals surface area (Å²) in [5.41, 5.74) is 1.61. The lowest BCUT2D eigenvalue weighted by Crippen LogP contribution is -1.99. The number of hydrogen-bond donors (Lipinski definition) is 0. The van der Waals surface area contributed by atoms with E-state index in [4.69, 9.17) is 16.4 Å². The van der Waals surface area contributed by atoms with Gasteiger partial charge in [-0.3, -0.25) is 4.98 Å². The van der Waals surface area contributed by atoms with Gasteiger partial charge in [-0.05, 0) is 25.5 Å². The number of aromatic nitrogens is 1. The highest BCUT2D eigenvalue weighted by molar-refractivity contribution is 6.17. The van der Waals surface area contributed by atoms with E-state index in [-0.39, 0.29) is 0 Å². The Bertz CT molecular complexity index is 287. The second-order valence-electron chi connectivity index (χ2n) is 2.77. The van der Waals surface area contributed by atoms with E-state index in [1.165, 1.54) is 0 Å². The Kier molecular flexibility index (Phi) is 5.00. The SMILES string of the molecule is C/C(=N\OCCCCl)c1ccccn1. The van der Waals surface area contributed by atoms with Crippen molar-refractivity contribution < 1.29 is 4.84 Å². The molecule has 0 unspecified atom stereocenters. The van der Waals surface area contributed by atoms with Gasteiger partial charge >= 0.3 is 0 Å². The van der Waals surface area contributed by atoms with Gasteiger partial charge in [-0.1, -0.05) is 11.2 Å². The molecule has 1 aromatic heterocycles. The number of oxime groups is 1. The molecule has 0 N–H and O–H groups in total. The van der Waals surface area contributed by atoms with Crippen LogP contribution in [-0.2, 0) is 4.84 Å². The highest BCUT2D eigenvalue weighted by atomic mass is 35.5. The minimum absolute atomic E-state index is 0.549. The van der Waals surface area contributed by atoms with Crippen molar-refractivity contribution in [2.45, 2.75) is 13.3 Å². The zero-order valence-corrected chi connectivity index (χ0v) is 8.87. The van der Waals surface area contributed by atoms with Crippen LogP contribution in [-0.4, -0.2) is 23.2 Å². The maximum Gasteiger partial charge on any atom is 0.118 e. The van der Waals surface area contributed by atoms with Crippen molar-refractivity contribution >= 4 is 17.3 Å². The predicted octanol–water partition coefficient (Wildman–Crippen LogP) is 2.45. The Morgan fingerprint density at radius 1 is 1.57 bits per heavy atom. The standard InChI is InChI=1S/C10H13ClN2O/c1-9(13-14-8-4-6-11)10-5-2-3-7-12-10/h2-3,5,7H,4,6,8H2,1H3/b13-9+. The highest BCUT2D eigenvalue weighted by Gasteiger charge is 1.96. The summed E-state index contributed by atoms with van der Waals surface area (Å²) < 4.78 is 0. The first-order valence-electron chi connectivity index (χ1n) is 4.48. The lowest BCUT2D eigenvalue weighted by molar-refractivity contribution is 0.145. The minimum atomic E-state index is 0.549. The molecule has 0 aliphatic heterocycles. The van der Waals surface area contributed by atoms with Crippen molar-refractivity contribution in [2.75, 3.05) is 12.5 Å². The molecule has 0 saturated heterocycles. The van der Waals surface area contributed by atoms with Gasteiger partial charge in [0.05, 0.1) is 5.69 Å². The van der Waals surface area contributed by atoms with Crippen LogP contribution in [0.5, 0.6) is 0 Å². The summed E-state index contributed by atoms with van der Waals surface area (Å²) in [7, 11) is 0. The van der Waals surface area contributed by atoms with Crippen LogP contribution in [0.1, 0.15) is 19.0 Å². The van der Waals surface area contributed by atoms with Crippen LogP contribution in [0, 0.1) is 0 Å². The van der Waals surface area contributed by atoms with Crippen LogP contribution in [0.4, 0.5) is 0 Å². The van der Waals surface area contributed by atoms with Gasteiger partial charge in [-0.15, -0.1) is 11.6 Å². The third-order valence-corrected chi connectivity index (χ3v) is 1.87. The molecule has 76 valence electrons. The molecule has 1 rings (SSSR count). The topological polar surface area (TPSA) is 34.5 Å². The van der Waals surface area contributed by atoms with Crippen LogP contribution in [0.3, 0.4) is 0 Å². The van der Waals surface area contributed by atoms with Gasteiger partial charge in [0.25, 0.3) is 0 Å². The number of nitrogens with zero attached hydrogens (tertiary/aromatic N) is 2. The normalized spacial score (nSPS) is 11.4. The summed E-state index contributed by atoms with van der Waals surface area (Å²) in [6, 6.07) is 5.68. The summed E-state index contributed by atoms with van der Waals surface area (Å²) in [5.74, 6) is 0.595. The van der Waals surface area contributed by atoms with Crippen LogP contribution >= 0.6 is 11.6 Å². The number of pyridine rings is 1. The first kappa shape index (κ1) is 11.0. The number of rotatable bonds is 5. The van der Waals surface area contributed by atoms with Crippen LogP contribution < -0.4 is 0 Å². The molecule has 0 amide bonds. The van der Waals surface area contributed by atoms with E-state index in [0.717, 1.165) is 17.8 Å². The maximum absolute atomic E-state index is 5.49. The molecule has 1 aromatic rings. The summed E-state index contributed by atoms with van der Waals surface area (Å²) in [6.45, 7) is 2.41. The molecule has 3 nitrogen and oxygen atoms in total. The molecular formula is C10H13ClN2O. The lowest BCUT2D eigenvalue weighted by Gasteiger charge is -1.99. The second-order valence-corrected chi connectivity index (χ2v) is 3.15. The lowest BCUT2D eigenvalue weighted by atomic mass is 10.3. The van der Waals surface area contributed by atoms with Gasteiger partial charge in [0.15, 0.2) is 0 Å². The Balaban J connectivity index is 2.44. The van der Waals surface area contributed by atoms with Crippen molar-refractivity contribution in [3.8, 4) is 0 Å². The van der Waals surface area contributed by atoms with E-state index in [9.17, 15) is 0 Å². The van der Waals surface area contributed by atoms with Gasteiger partial charge in [-0.2, -0.15) is 0 Å². The number of alkyl halides is 1. The third kappa shape index (κ3) is 3.75. The molecule has 14 heavy (non-hydrogen) atoms. The van der Waals surface area contributed by atoms with E-state index in [2.05, 4.69) is 10.1 Å². The zero-order chi connectivity index (χ0) is 10.2. The van der Waals surface area contributed by atoms with Gasteiger partial charge in [0.1, 0.15) is 12.3 Å². The first-order valence-corrected chi connectivity index (χ1v) is 5.02. The minimum Gasteiger partial charge on any atom is -0.395 e. The Morgan fingerprint density at radius 2 is 2.43 bits per heavy atom. The largest absolute Gasteiger partial charge is 0.395 e. The maximum atomic E-state index is 5.49. The van der Waals surface area contributed by atoms with Gasteiger partial charge in [-0.25, -0.2) is 0 Å². The summed E-state index contributed by atoms with van der Waals surface area (Å²) >= 11 is 5.49. The van der Waals surface area contributed by atoms with Crippen LogP contribution in [0.25, 0.3) is 0 Å². The van der Waals surface area contributed by atoms with Gasteiger partial charge < -0.3 is 4.84 Å². The summed E-state index contributed by atoms with van der Waals surface area (Å²) in [4.78, 5) is 9.19. The average molecular weight is 213 g/mol. The molecule has 0 atom stereocenters. The fourth-order valence-electron chi connectivity index (χ4n) is 0.885. The number of hydrogen-bond acceptors (Lipinski definition) is 3. The first-order chi connectivity index (χ1) is 6.84. The molecule has 4 heteroatoms. The van der Waals surface area contributed by atoms with Gasteiger partial charge in [0.2, 0.25) is 0 Å². The third-order valence-electron chi connectivity index (χ3n) is 1.61. The van der Waals surface area contributed by atoms with Crippen LogP contribution in [0.2, 0.25) is 0 Å². The Hall–Kier alpha value is -1.09. The van der Waals surface area contributed by atoms with E-state index < -0.39 is 0 Å². The van der Waals surface area contributed by atoms with E-state index >= 15 is 0 Å². The molecule has 0 aliphatic rings. The second kappa shape index (κ2) is 6.38. The van der Waals surface area contributed by atoms with E-state index in [0.29, 0.717) is 12.5 Å². The summed E-state index contributed by atoms with van der Waals surface area (Å²) in [5, 5.41) is 3.93. The van der Waals surface area contributed by atoms with Gasteiger partial charge in [0, 0.05) is 12.1 Å². The average Bonchev–Trinajstić information content (AvgIpc) is 2.25. The molecule has 0 radical (unpaired) electrons.